The molecule has 0 unspecified atom stereocenters. The van der Waals surface area contributed by atoms with Crippen molar-refractivity contribution in [3.63, 3.8) is 0 Å². The van der Waals surface area contributed by atoms with Crippen molar-refractivity contribution < 1.29 is 29.0 Å². The maximum atomic E-state index is 12.0. The maximum Gasteiger partial charge on any atom is 0.341 e. The summed E-state index contributed by atoms with van der Waals surface area (Å²) in [7, 11) is 0. The highest BCUT2D eigenvalue weighted by atomic mass is 16.5. The highest BCUT2D eigenvalue weighted by Gasteiger charge is 2.13. The van der Waals surface area contributed by atoms with Crippen LogP contribution in [0.4, 0.5) is 5.69 Å². The first-order valence-electron chi connectivity index (χ1n) is 9.30. The van der Waals surface area contributed by atoms with Crippen molar-refractivity contribution in [3.05, 3.63) is 54.1 Å². The van der Waals surface area contributed by atoms with E-state index in [9.17, 15) is 14.4 Å². The van der Waals surface area contributed by atoms with E-state index in [2.05, 4.69) is 22.8 Å². The highest BCUT2D eigenvalue weighted by Crippen LogP contribution is 2.16. The van der Waals surface area contributed by atoms with Gasteiger partial charge in [-0.2, -0.15) is 5.10 Å². The SMILES string of the molecule is CCCCOc1ccc(NC(=O)C(=O)N/N=C\c2ccccc2OCC(=O)O)cc1. The zero-order valence-corrected chi connectivity index (χ0v) is 16.5. The van der Waals surface area contributed by atoms with Gasteiger partial charge >= 0.3 is 17.8 Å². The van der Waals surface area contributed by atoms with Crippen molar-refractivity contribution >= 4 is 29.7 Å². The summed E-state index contributed by atoms with van der Waals surface area (Å²) in [6, 6.07) is 13.2. The molecule has 2 rings (SSSR count). The van der Waals surface area contributed by atoms with Crippen molar-refractivity contribution in [1.82, 2.24) is 5.43 Å². The number of amides is 2. The molecule has 0 radical (unpaired) electrons. The zero-order chi connectivity index (χ0) is 21.8. The normalized spacial score (nSPS) is 10.4. The molecule has 0 aliphatic carbocycles. The van der Waals surface area contributed by atoms with E-state index in [1.807, 2.05) is 0 Å². The van der Waals surface area contributed by atoms with Crippen LogP contribution in [0.3, 0.4) is 0 Å². The topological polar surface area (TPSA) is 126 Å². The van der Waals surface area contributed by atoms with E-state index < -0.39 is 24.4 Å². The van der Waals surface area contributed by atoms with Gasteiger partial charge in [-0.3, -0.25) is 9.59 Å². The molecule has 0 saturated carbocycles. The van der Waals surface area contributed by atoms with E-state index >= 15 is 0 Å². The fourth-order valence-electron chi connectivity index (χ4n) is 2.23. The van der Waals surface area contributed by atoms with Crippen molar-refractivity contribution in [3.8, 4) is 11.5 Å². The van der Waals surface area contributed by atoms with Gasteiger partial charge in [0.05, 0.1) is 12.8 Å². The molecular formula is C21H23N3O6. The number of rotatable bonds is 10. The molecule has 9 heteroatoms. The smallest absolute Gasteiger partial charge is 0.341 e. The van der Waals surface area contributed by atoms with Crippen molar-refractivity contribution in [1.29, 1.82) is 0 Å². The largest absolute Gasteiger partial charge is 0.494 e. The molecular weight excluding hydrogens is 390 g/mol. The van der Waals surface area contributed by atoms with E-state index in [1.165, 1.54) is 6.21 Å². The number of carbonyl (C=O) groups is 3. The number of para-hydroxylation sites is 1. The second kappa shape index (κ2) is 11.8. The Hall–Kier alpha value is -3.88. The van der Waals surface area contributed by atoms with Gasteiger partial charge in [-0.05, 0) is 42.8 Å². The molecule has 0 aliphatic heterocycles. The molecule has 9 nitrogen and oxygen atoms in total. The van der Waals surface area contributed by atoms with Crippen LogP contribution < -0.4 is 20.2 Å². The summed E-state index contributed by atoms with van der Waals surface area (Å²) in [6.45, 7) is 2.18. The molecule has 0 atom stereocenters. The van der Waals surface area contributed by atoms with Gasteiger partial charge in [0.15, 0.2) is 6.61 Å². The minimum Gasteiger partial charge on any atom is -0.494 e. The number of benzene rings is 2. The fraction of sp³-hybridized carbons (Fsp3) is 0.238. The quantitative estimate of drug-likeness (QED) is 0.238. The summed E-state index contributed by atoms with van der Waals surface area (Å²) in [5, 5.41) is 14.9. The molecule has 30 heavy (non-hydrogen) atoms. The first kappa shape index (κ1) is 22.4. The predicted octanol–water partition coefficient (Wildman–Crippen LogP) is 2.42. The monoisotopic (exact) mass is 413 g/mol. The lowest BCUT2D eigenvalue weighted by molar-refractivity contribution is -0.139. The Morgan fingerprint density at radius 3 is 2.47 bits per heavy atom. The average molecular weight is 413 g/mol. The molecule has 0 saturated heterocycles. The van der Waals surface area contributed by atoms with Crippen molar-refractivity contribution in [2.75, 3.05) is 18.5 Å². The Morgan fingerprint density at radius 2 is 1.77 bits per heavy atom. The van der Waals surface area contributed by atoms with Crippen LogP contribution >= 0.6 is 0 Å². The van der Waals surface area contributed by atoms with Crippen LogP contribution in [-0.2, 0) is 14.4 Å². The minimum atomic E-state index is -1.12. The number of carboxylic acid groups (broad SMARTS) is 1. The molecule has 2 aromatic carbocycles. The van der Waals surface area contributed by atoms with E-state index in [0.29, 0.717) is 23.6 Å². The van der Waals surface area contributed by atoms with Crippen LogP contribution in [0, 0.1) is 0 Å². The molecule has 3 N–H and O–H groups in total. The van der Waals surface area contributed by atoms with Crippen LogP contribution in [0.25, 0.3) is 0 Å². The van der Waals surface area contributed by atoms with Gasteiger partial charge in [0.1, 0.15) is 11.5 Å². The second-order valence-electron chi connectivity index (χ2n) is 6.10. The predicted molar refractivity (Wildman–Crippen MR) is 111 cm³/mol. The van der Waals surface area contributed by atoms with Gasteiger partial charge in [-0.1, -0.05) is 25.5 Å². The number of anilines is 1. The Balaban J connectivity index is 1.86. The second-order valence-corrected chi connectivity index (χ2v) is 6.10. The number of nitrogens with one attached hydrogen (secondary N) is 2. The number of hydrazone groups is 1. The molecule has 0 fully saturated rings. The van der Waals surface area contributed by atoms with Crippen molar-refractivity contribution in [2.24, 2.45) is 5.10 Å². The van der Waals surface area contributed by atoms with E-state index in [0.717, 1.165) is 12.8 Å². The summed E-state index contributed by atoms with van der Waals surface area (Å²) in [6.07, 6.45) is 3.24. The molecule has 0 spiro atoms. The molecule has 0 aromatic heterocycles. The van der Waals surface area contributed by atoms with Crippen LogP contribution in [0.5, 0.6) is 11.5 Å². The van der Waals surface area contributed by atoms with Gasteiger partial charge in [-0.25, -0.2) is 10.2 Å². The molecule has 0 bridgehead atoms. The number of carbonyl (C=O) groups excluding carboxylic acids is 2. The van der Waals surface area contributed by atoms with Crippen LogP contribution in [0.15, 0.2) is 53.6 Å². The number of unbranched alkanes of at least 4 members (excludes halogenated alkanes) is 1. The van der Waals surface area contributed by atoms with Gasteiger partial charge < -0.3 is 19.9 Å². The van der Waals surface area contributed by atoms with Crippen molar-refractivity contribution in [2.45, 2.75) is 19.8 Å². The number of aliphatic carboxylic acids is 1. The summed E-state index contributed by atoms with van der Waals surface area (Å²) in [5.41, 5.74) is 2.99. The minimum absolute atomic E-state index is 0.281. The molecule has 0 aliphatic rings. The maximum absolute atomic E-state index is 12.0. The summed E-state index contributed by atoms with van der Waals surface area (Å²) in [5.74, 6) is -2.00. The number of carboxylic acids is 1. The Bertz CT molecular complexity index is 896. The zero-order valence-electron chi connectivity index (χ0n) is 16.5. The summed E-state index contributed by atoms with van der Waals surface area (Å²) < 4.78 is 10.7. The lowest BCUT2D eigenvalue weighted by Gasteiger charge is -2.08. The summed E-state index contributed by atoms with van der Waals surface area (Å²) in [4.78, 5) is 34.5. The van der Waals surface area contributed by atoms with Crippen LogP contribution in [0.1, 0.15) is 25.3 Å². The summed E-state index contributed by atoms with van der Waals surface area (Å²) >= 11 is 0. The Morgan fingerprint density at radius 1 is 1.03 bits per heavy atom. The Labute approximate surface area is 173 Å². The number of nitrogens with zero attached hydrogens (tertiary/aromatic N) is 1. The number of hydrogen-bond donors (Lipinski definition) is 3. The van der Waals surface area contributed by atoms with Crippen LogP contribution in [-0.4, -0.2) is 42.3 Å². The van der Waals surface area contributed by atoms with E-state index in [1.54, 1.807) is 48.5 Å². The fourth-order valence-corrected chi connectivity index (χ4v) is 2.23. The van der Waals surface area contributed by atoms with Gasteiger partial charge in [0.2, 0.25) is 0 Å². The first-order chi connectivity index (χ1) is 14.5. The van der Waals surface area contributed by atoms with Crippen LogP contribution in [0.2, 0.25) is 0 Å². The first-order valence-corrected chi connectivity index (χ1v) is 9.30. The van der Waals surface area contributed by atoms with Gasteiger partial charge in [-0.15, -0.1) is 0 Å². The third-order valence-electron chi connectivity index (χ3n) is 3.72. The average Bonchev–Trinajstić information content (AvgIpc) is 2.74. The van der Waals surface area contributed by atoms with Gasteiger partial charge in [0.25, 0.3) is 0 Å². The lowest BCUT2D eigenvalue weighted by atomic mass is 10.2. The van der Waals surface area contributed by atoms with E-state index in [-0.39, 0.29) is 5.75 Å². The molecule has 2 amide bonds. The number of hydrogen-bond acceptors (Lipinski definition) is 6. The molecule has 158 valence electrons. The standard InChI is InChI=1S/C21H23N3O6/c1-2-3-12-29-17-10-8-16(9-11-17)23-20(27)21(28)24-22-13-15-6-4-5-7-18(15)30-14-19(25)26/h4-11,13H,2-3,12,14H2,1H3,(H,23,27)(H,24,28)(H,25,26)/b22-13-. The van der Waals surface area contributed by atoms with Gasteiger partial charge in [0, 0.05) is 11.3 Å². The molecule has 2 aromatic rings. The molecule has 0 heterocycles. The number of ether oxygens (including phenoxy) is 2. The lowest BCUT2D eigenvalue weighted by Crippen LogP contribution is -2.32. The highest BCUT2D eigenvalue weighted by molar-refractivity contribution is 6.39. The third kappa shape index (κ3) is 7.63. The van der Waals surface area contributed by atoms with E-state index in [4.69, 9.17) is 14.6 Å². The Kier molecular flexibility index (Phi) is 8.85. The third-order valence-corrected chi connectivity index (χ3v) is 3.72.